The van der Waals surface area contributed by atoms with Crippen molar-refractivity contribution in [2.24, 2.45) is 5.92 Å². The highest BCUT2D eigenvalue weighted by molar-refractivity contribution is 5.92. The molecule has 0 unspecified atom stereocenters. The first-order chi connectivity index (χ1) is 8.58. The van der Waals surface area contributed by atoms with E-state index in [-0.39, 0.29) is 5.91 Å². The van der Waals surface area contributed by atoms with Gasteiger partial charge in [0.15, 0.2) is 0 Å². The van der Waals surface area contributed by atoms with E-state index in [1.807, 2.05) is 13.8 Å². The van der Waals surface area contributed by atoms with Crippen molar-refractivity contribution in [2.75, 3.05) is 25.0 Å². The van der Waals surface area contributed by atoms with Gasteiger partial charge in [0.25, 0.3) is 5.91 Å². The van der Waals surface area contributed by atoms with E-state index in [2.05, 4.69) is 29.1 Å². The van der Waals surface area contributed by atoms with E-state index < -0.39 is 0 Å². The highest BCUT2D eigenvalue weighted by Crippen LogP contribution is 2.06. The number of amides is 1. The summed E-state index contributed by atoms with van der Waals surface area (Å²) in [7, 11) is 0. The zero-order valence-electron chi connectivity index (χ0n) is 11.6. The van der Waals surface area contributed by atoms with Gasteiger partial charge in [0, 0.05) is 19.6 Å². The van der Waals surface area contributed by atoms with Gasteiger partial charge >= 0.3 is 0 Å². The van der Waals surface area contributed by atoms with Gasteiger partial charge in [-0.05, 0) is 19.8 Å². The molecule has 1 aromatic heterocycles. The monoisotopic (exact) mass is 250 g/mol. The smallest absolute Gasteiger partial charge is 0.274 e. The van der Waals surface area contributed by atoms with Crippen molar-refractivity contribution in [1.29, 1.82) is 0 Å². The summed E-state index contributed by atoms with van der Waals surface area (Å²) in [6.07, 6.45) is 3.13. The third-order valence-electron chi connectivity index (χ3n) is 2.48. The molecular formula is C13H22N4O. The molecule has 5 nitrogen and oxygen atoms in total. The summed E-state index contributed by atoms with van der Waals surface area (Å²) in [5.74, 6) is 1.09. The summed E-state index contributed by atoms with van der Waals surface area (Å²) in [6, 6.07) is 0. The lowest BCUT2D eigenvalue weighted by Gasteiger charge is -2.22. The number of carbonyl (C=O) groups is 1. The number of aromatic nitrogens is 2. The van der Waals surface area contributed by atoms with E-state index in [0.29, 0.717) is 24.0 Å². The molecule has 100 valence electrons. The molecular weight excluding hydrogens is 228 g/mol. The van der Waals surface area contributed by atoms with E-state index in [1.54, 1.807) is 11.1 Å². The van der Waals surface area contributed by atoms with Crippen LogP contribution >= 0.6 is 0 Å². The van der Waals surface area contributed by atoms with Gasteiger partial charge in [0.05, 0.1) is 12.4 Å². The molecule has 0 radical (unpaired) electrons. The van der Waals surface area contributed by atoms with Crippen LogP contribution in [0.2, 0.25) is 0 Å². The van der Waals surface area contributed by atoms with Gasteiger partial charge in [0.2, 0.25) is 0 Å². The number of nitrogens with one attached hydrogen (secondary N) is 1. The zero-order valence-corrected chi connectivity index (χ0v) is 11.6. The fourth-order valence-corrected chi connectivity index (χ4v) is 1.67. The molecule has 0 aliphatic carbocycles. The molecule has 0 atom stereocenters. The average molecular weight is 250 g/mol. The van der Waals surface area contributed by atoms with E-state index in [4.69, 9.17) is 0 Å². The van der Waals surface area contributed by atoms with Crippen molar-refractivity contribution >= 4 is 11.7 Å². The quantitative estimate of drug-likeness (QED) is 0.839. The number of carbonyl (C=O) groups excluding carboxylic acids is 1. The van der Waals surface area contributed by atoms with Crippen LogP contribution < -0.4 is 5.32 Å². The van der Waals surface area contributed by atoms with E-state index in [9.17, 15) is 4.79 Å². The highest BCUT2D eigenvalue weighted by atomic mass is 16.2. The lowest BCUT2D eigenvalue weighted by molar-refractivity contribution is 0.0739. The van der Waals surface area contributed by atoms with Gasteiger partial charge in [-0.25, -0.2) is 9.97 Å². The van der Waals surface area contributed by atoms with Crippen LogP contribution in [0.15, 0.2) is 12.4 Å². The molecule has 1 N–H and O–H groups in total. The van der Waals surface area contributed by atoms with E-state index in [1.165, 1.54) is 6.20 Å². The Kier molecular flexibility index (Phi) is 5.55. The van der Waals surface area contributed by atoms with Gasteiger partial charge < -0.3 is 10.2 Å². The topological polar surface area (TPSA) is 58.1 Å². The van der Waals surface area contributed by atoms with E-state index >= 15 is 0 Å². The van der Waals surface area contributed by atoms with Crippen molar-refractivity contribution in [3.8, 4) is 0 Å². The summed E-state index contributed by atoms with van der Waals surface area (Å²) in [5.41, 5.74) is 0.402. The molecule has 0 aromatic carbocycles. The minimum absolute atomic E-state index is 0.0539. The maximum absolute atomic E-state index is 12.2. The maximum Gasteiger partial charge on any atom is 0.274 e. The maximum atomic E-state index is 12.2. The van der Waals surface area contributed by atoms with Crippen molar-refractivity contribution in [1.82, 2.24) is 14.9 Å². The van der Waals surface area contributed by atoms with Crippen molar-refractivity contribution in [3.63, 3.8) is 0 Å². The number of hydrogen-bond donors (Lipinski definition) is 1. The third kappa shape index (κ3) is 3.98. The van der Waals surface area contributed by atoms with Crippen LogP contribution in [0.4, 0.5) is 5.82 Å². The van der Waals surface area contributed by atoms with Crippen LogP contribution in [0, 0.1) is 5.92 Å². The van der Waals surface area contributed by atoms with Crippen LogP contribution in [0.5, 0.6) is 0 Å². The number of rotatable bonds is 6. The molecule has 0 bridgehead atoms. The second-order valence-electron chi connectivity index (χ2n) is 4.55. The Balaban J connectivity index is 2.75. The standard InChI is InChI=1S/C13H22N4O/c1-5-14-12-8-15-11(7-16-12)13(18)17(6-2)9-10(3)4/h7-8,10H,5-6,9H2,1-4H3,(H,14,16). The summed E-state index contributed by atoms with van der Waals surface area (Å²) in [4.78, 5) is 22.3. The summed E-state index contributed by atoms with van der Waals surface area (Å²) < 4.78 is 0. The van der Waals surface area contributed by atoms with Crippen molar-refractivity contribution in [2.45, 2.75) is 27.7 Å². The Hall–Kier alpha value is -1.65. The molecule has 1 heterocycles. The predicted octanol–water partition coefficient (Wildman–Crippen LogP) is 2.03. The molecule has 18 heavy (non-hydrogen) atoms. The fourth-order valence-electron chi connectivity index (χ4n) is 1.67. The Morgan fingerprint density at radius 3 is 2.50 bits per heavy atom. The zero-order chi connectivity index (χ0) is 13.5. The first-order valence-electron chi connectivity index (χ1n) is 6.43. The van der Waals surface area contributed by atoms with Crippen molar-refractivity contribution in [3.05, 3.63) is 18.1 Å². The lowest BCUT2D eigenvalue weighted by atomic mass is 10.2. The van der Waals surface area contributed by atoms with Crippen molar-refractivity contribution < 1.29 is 4.79 Å². The fraction of sp³-hybridized carbons (Fsp3) is 0.615. The molecule has 5 heteroatoms. The number of hydrogen-bond acceptors (Lipinski definition) is 4. The predicted molar refractivity (Wildman–Crippen MR) is 72.6 cm³/mol. The second kappa shape index (κ2) is 6.93. The minimum atomic E-state index is -0.0539. The minimum Gasteiger partial charge on any atom is -0.369 e. The van der Waals surface area contributed by atoms with Crippen LogP contribution in [0.3, 0.4) is 0 Å². The average Bonchev–Trinajstić information content (AvgIpc) is 2.36. The highest BCUT2D eigenvalue weighted by Gasteiger charge is 2.16. The third-order valence-corrected chi connectivity index (χ3v) is 2.48. The molecule has 0 spiro atoms. The SMILES string of the molecule is CCNc1cnc(C(=O)N(CC)CC(C)C)cn1. The molecule has 1 aromatic rings. The Morgan fingerprint density at radius 2 is 2.06 bits per heavy atom. The summed E-state index contributed by atoms with van der Waals surface area (Å²) >= 11 is 0. The first kappa shape index (κ1) is 14.4. The molecule has 0 fully saturated rings. The molecule has 0 aliphatic heterocycles. The summed E-state index contributed by atoms with van der Waals surface area (Å²) in [5, 5.41) is 3.05. The van der Waals surface area contributed by atoms with Gasteiger partial charge in [-0.1, -0.05) is 13.8 Å². The molecule has 1 rings (SSSR count). The lowest BCUT2D eigenvalue weighted by Crippen LogP contribution is -2.34. The van der Waals surface area contributed by atoms with Crippen LogP contribution in [-0.4, -0.2) is 40.4 Å². The molecule has 0 saturated heterocycles. The second-order valence-corrected chi connectivity index (χ2v) is 4.55. The van der Waals surface area contributed by atoms with Gasteiger partial charge in [-0.3, -0.25) is 4.79 Å². The number of anilines is 1. The molecule has 1 amide bonds. The van der Waals surface area contributed by atoms with Crippen LogP contribution in [0.25, 0.3) is 0 Å². The Bertz CT molecular complexity index is 375. The van der Waals surface area contributed by atoms with Gasteiger partial charge in [0.1, 0.15) is 11.5 Å². The van der Waals surface area contributed by atoms with Gasteiger partial charge in [-0.2, -0.15) is 0 Å². The normalized spacial score (nSPS) is 10.5. The van der Waals surface area contributed by atoms with Crippen LogP contribution in [0.1, 0.15) is 38.2 Å². The first-order valence-corrected chi connectivity index (χ1v) is 6.43. The Labute approximate surface area is 109 Å². The largest absolute Gasteiger partial charge is 0.369 e. The van der Waals surface area contributed by atoms with Gasteiger partial charge in [-0.15, -0.1) is 0 Å². The summed E-state index contributed by atoms with van der Waals surface area (Å²) in [6.45, 7) is 10.4. The van der Waals surface area contributed by atoms with Crippen LogP contribution in [-0.2, 0) is 0 Å². The molecule has 0 aliphatic rings. The Morgan fingerprint density at radius 1 is 1.33 bits per heavy atom. The number of nitrogens with zero attached hydrogens (tertiary/aromatic N) is 3. The molecule has 0 saturated carbocycles. The van der Waals surface area contributed by atoms with E-state index in [0.717, 1.165) is 13.1 Å².